The molecule has 0 aromatic carbocycles. The first-order chi connectivity index (χ1) is 3.48. The Morgan fingerprint density at radius 1 is 1.62 bits per heavy atom. The molecular weight excluding hydrogens is 106 g/mol. The molecule has 50 valence electrons. The molecule has 0 aromatic rings. The molecule has 0 unspecified atom stereocenters. The minimum atomic E-state index is -1.06. The van der Waals surface area contributed by atoms with Crippen LogP contribution in [0.15, 0.2) is 0 Å². The van der Waals surface area contributed by atoms with E-state index in [1.807, 2.05) is 0 Å². The molecule has 4 N–H and O–H groups in total. The highest BCUT2D eigenvalue weighted by molar-refractivity contribution is 4.75. The number of aliphatic hydroxyl groups excluding tert-OH is 1. The Hall–Kier alpha value is -0.120. The summed E-state index contributed by atoms with van der Waals surface area (Å²) in [5.41, 5.74) is 3.99. The third-order valence-corrected chi connectivity index (χ3v) is 1.04. The van der Waals surface area contributed by atoms with Gasteiger partial charge in [0.2, 0.25) is 0 Å². The molecule has 3 heteroatoms. The van der Waals surface area contributed by atoms with E-state index >= 15 is 0 Å². The van der Waals surface area contributed by atoms with Gasteiger partial charge in [0.1, 0.15) is 0 Å². The molecule has 0 aromatic heterocycles. The lowest BCUT2D eigenvalue weighted by Gasteiger charge is -2.22. The van der Waals surface area contributed by atoms with Crippen LogP contribution in [0.4, 0.5) is 0 Å². The highest BCUT2D eigenvalue weighted by atomic mass is 16.3. The van der Waals surface area contributed by atoms with Gasteiger partial charge >= 0.3 is 0 Å². The lowest BCUT2D eigenvalue weighted by Crippen LogP contribution is -2.41. The van der Waals surface area contributed by atoms with Gasteiger partial charge in [-0.05, 0) is 13.8 Å². The fraction of sp³-hybridized carbons (Fsp3) is 1.00. The summed E-state index contributed by atoms with van der Waals surface area (Å²) in [6.45, 7) is 3.14. The summed E-state index contributed by atoms with van der Waals surface area (Å²) in [5, 5.41) is 17.8. The molecule has 8 heavy (non-hydrogen) atoms. The Morgan fingerprint density at radius 2 is 2.00 bits per heavy atom. The summed E-state index contributed by atoms with van der Waals surface area (Å²) in [7, 11) is 0. The van der Waals surface area contributed by atoms with Crippen LogP contribution in [0, 0.1) is 0 Å². The second kappa shape index (κ2) is 2.44. The van der Waals surface area contributed by atoms with E-state index in [0.29, 0.717) is 0 Å². The molecule has 0 bridgehead atoms. The highest BCUT2D eigenvalue weighted by Crippen LogP contribution is 2.05. The molecule has 0 heterocycles. The van der Waals surface area contributed by atoms with Crippen molar-refractivity contribution in [1.29, 1.82) is 0 Å². The zero-order chi connectivity index (χ0) is 6.78. The Bertz CT molecular complexity index is 67.3. The van der Waals surface area contributed by atoms with E-state index in [1.54, 1.807) is 0 Å². The number of rotatable bonds is 2. The van der Waals surface area contributed by atoms with Crippen LogP contribution >= 0.6 is 0 Å². The number of aliphatic hydroxyl groups is 2. The van der Waals surface area contributed by atoms with Crippen LogP contribution in [0.1, 0.15) is 13.8 Å². The quantitative estimate of drug-likeness (QED) is 0.440. The molecule has 0 aliphatic rings. The van der Waals surface area contributed by atoms with Gasteiger partial charge < -0.3 is 15.9 Å². The van der Waals surface area contributed by atoms with E-state index in [1.165, 1.54) is 13.8 Å². The summed E-state index contributed by atoms with van der Waals surface area (Å²) in [6, 6.07) is 0. The molecule has 0 saturated carbocycles. The molecule has 3 nitrogen and oxygen atoms in total. The SMILES string of the molecule is CC(C)(O)[C@@H](O)CN. The molecule has 0 aliphatic heterocycles. The van der Waals surface area contributed by atoms with Crippen molar-refractivity contribution in [3.8, 4) is 0 Å². The Balaban J connectivity index is 3.62. The van der Waals surface area contributed by atoms with Crippen LogP contribution in [-0.4, -0.2) is 28.5 Å². The maximum Gasteiger partial charge on any atom is 0.0943 e. The average Bonchev–Trinajstić information content (AvgIpc) is 1.62. The summed E-state index contributed by atoms with van der Waals surface area (Å²) < 4.78 is 0. The summed E-state index contributed by atoms with van der Waals surface area (Å²) in [6.07, 6.45) is -0.817. The van der Waals surface area contributed by atoms with Crippen molar-refractivity contribution in [3.05, 3.63) is 0 Å². The Kier molecular flexibility index (Phi) is 2.40. The van der Waals surface area contributed by atoms with E-state index < -0.39 is 11.7 Å². The van der Waals surface area contributed by atoms with Crippen LogP contribution in [0.25, 0.3) is 0 Å². The maximum atomic E-state index is 8.96. The normalized spacial score (nSPS) is 16.1. The molecule has 0 fully saturated rings. The second-order valence-corrected chi connectivity index (χ2v) is 2.41. The number of nitrogens with two attached hydrogens (primary N) is 1. The van der Waals surface area contributed by atoms with Crippen LogP contribution in [0.5, 0.6) is 0 Å². The highest BCUT2D eigenvalue weighted by Gasteiger charge is 2.21. The van der Waals surface area contributed by atoms with Crippen molar-refractivity contribution in [3.63, 3.8) is 0 Å². The van der Waals surface area contributed by atoms with Crippen molar-refractivity contribution in [2.24, 2.45) is 5.73 Å². The standard InChI is InChI=1S/C5H13NO2/c1-5(2,8)4(7)3-6/h4,7-8H,3,6H2,1-2H3/t4-/m0/s1. The zero-order valence-corrected chi connectivity index (χ0v) is 5.26. The van der Waals surface area contributed by atoms with Gasteiger partial charge in [0.15, 0.2) is 0 Å². The van der Waals surface area contributed by atoms with Crippen LogP contribution < -0.4 is 5.73 Å². The second-order valence-electron chi connectivity index (χ2n) is 2.41. The van der Waals surface area contributed by atoms with Gasteiger partial charge in [-0.1, -0.05) is 0 Å². The predicted molar refractivity (Wildman–Crippen MR) is 31.4 cm³/mol. The Morgan fingerprint density at radius 3 is 2.00 bits per heavy atom. The molecule has 1 atom stereocenters. The minimum Gasteiger partial charge on any atom is -0.389 e. The van der Waals surface area contributed by atoms with Gasteiger partial charge in [-0.2, -0.15) is 0 Å². The summed E-state index contributed by atoms with van der Waals surface area (Å²) in [4.78, 5) is 0. The molecule has 0 spiro atoms. The Labute approximate surface area is 49.1 Å². The van der Waals surface area contributed by atoms with Crippen molar-refractivity contribution >= 4 is 0 Å². The van der Waals surface area contributed by atoms with Gasteiger partial charge in [0, 0.05) is 6.54 Å². The first-order valence-corrected chi connectivity index (χ1v) is 2.59. The molecular formula is C5H13NO2. The third kappa shape index (κ3) is 2.26. The third-order valence-electron chi connectivity index (χ3n) is 1.04. The molecule has 0 radical (unpaired) electrons. The van der Waals surface area contributed by atoms with Gasteiger partial charge in [0.05, 0.1) is 11.7 Å². The number of hydrogen-bond acceptors (Lipinski definition) is 3. The largest absolute Gasteiger partial charge is 0.389 e. The summed E-state index contributed by atoms with van der Waals surface area (Å²) in [5.74, 6) is 0. The van der Waals surface area contributed by atoms with Crippen molar-refractivity contribution in [1.82, 2.24) is 0 Å². The van der Waals surface area contributed by atoms with Gasteiger partial charge in [-0.25, -0.2) is 0 Å². The van der Waals surface area contributed by atoms with Crippen LogP contribution in [-0.2, 0) is 0 Å². The topological polar surface area (TPSA) is 66.5 Å². The molecule has 0 amide bonds. The average molecular weight is 119 g/mol. The fourth-order valence-electron chi connectivity index (χ4n) is 0.288. The predicted octanol–water partition coefficient (Wildman–Crippen LogP) is -0.923. The smallest absolute Gasteiger partial charge is 0.0943 e. The van der Waals surface area contributed by atoms with E-state index in [9.17, 15) is 0 Å². The zero-order valence-electron chi connectivity index (χ0n) is 5.26. The van der Waals surface area contributed by atoms with Crippen LogP contribution in [0.3, 0.4) is 0 Å². The lowest BCUT2D eigenvalue weighted by atomic mass is 10.0. The minimum absolute atomic E-state index is 0.101. The van der Waals surface area contributed by atoms with Crippen molar-refractivity contribution < 1.29 is 10.2 Å². The van der Waals surface area contributed by atoms with Gasteiger partial charge in [0.25, 0.3) is 0 Å². The molecule has 0 aliphatic carbocycles. The van der Waals surface area contributed by atoms with Gasteiger partial charge in [-0.15, -0.1) is 0 Å². The fourth-order valence-corrected chi connectivity index (χ4v) is 0.288. The van der Waals surface area contributed by atoms with Crippen molar-refractivity contribution in [2.45, 2.75) is 25.6 Å². The van der Waals surface area contributed by atoms with Crippen molar-refractivity contribution in [2.75, 3.05) is 6.54 Å². The summed E-state index contributed by atoms with van der Waals surface area (Å²) >= 11 is 0. The first kappa shape index (κ1) is 7.88. The molecule has 0 saturated heterocycles. The monoisotopic (exact) mass is 119 g/mol. The van der Waals surface area contributed by atoms with E-state index in [2.05, 4.69) is 0 Å². The maximum absolute atomic E-state index is 8.96. The lowest BCUT2D eigenvalue weighted by molar-refractivity contribution is -0.0423. The van der Waals surface area contributed by atoms with E-state index in [0.717, 1.165) is 0 Å². The number of hydrogen-bond donors (Lipinski definition) is 3. The van der Waals surface area contributed by atoms with E-state index in [-0.39, 0.29) is 6.54 Å². The van der Waals surface area contributed by atoms with Crippen LogP contribution in [0.2, 0.25) is 0 Å². The first-order valence-electron chi connectivity index (χ1n) is 2.59. The molecule has 0 rings (SSSR count). The van der Waals surface area contributed by atoms with Gasteiger partial charge in [-0.3, -0.25) is 0 Å². The van der Waals surface area contributed by atoms with E-state index in [4.69, 9.17) is 15.9 Å².